The van der Waals surface area contributed by atoms with Gasteiger partial charge in [-0.1, -0.05) is 244 Å². The number of carbonyl (C=O) groups excluding carboxylic acids is 1. The second-order valence-electron chi connectivity index (χ2n) is 23.3. The Labute approximate surface area is 546 Å². The number of halogens is 1. The van der Waals surface area contributed by atoms with Crippen molar-refractivity contribution in [3.8, 4) is 0 Å². The maximum absolute atomic E-state index is 11.0. The van der Waals surface area contributed by atoms with Crippen LogP contribution in [-0.2, 0) is 32.9 Å². The Hall–Kier alpha value is -1.04. The third-order valence-electron chi connectivity index (χ3n) is 16.9. The molecule has 3 fully saturated rings. The number of hydrogen-bond acceptors (Lipinski definition) is 9. The maximum atomic E-state index is 11.0. The molecule has 3 aromatic rings. The number of aliphatic hydroxyl groups excluding tert-OH is 1. The Morgan fingerprint density at radius 3 is 1.60 bits per heavy atom. The Morgan fingerprint density at radius 1 is 0.704 bits per heavy atom. The fourth-order valence-corrected chi connectivity index (χ4v) is 17.2. The molecule has 1 aliphatic heterocycles. The number of alkyl halides is 1. The minimum Gasteiger partial charge on any atom is -0.550 e. The molecule has 0 amide bonds. The van der Waals surface area contributed by atoms with Crippen molar-refractivity contribution in [1.29, 1.82) is 0 Å². The SMILES string of the molecule is C.C.CCCCCC(/C=C/[C@@H]1C2CC(O)OC2C[C@H]1OC)OC.CCCCC[C@@H](/C=C/[C@@H]1[C@@H](CCCCCCBr)[C@@H](O[Si](C)(C)C(C)(C)C)C[C@H]1OC)OC.O=C([O-])CCC=P(c1ccccc1)(c1ccccc1)c1ccccc1.[K+]. The average Bonchev–Trinajstić information content (AvgIpc) is 4.08. The van der Waals surface area contributed by atoms with Gasteiger partial charge in [-0.25, -0.2) is 0 Å². The van der Waals surface area contributed by atoms with E-state index in [1.807, 2.05) is 68.8 Å². The van der Waals surface area contributed by atoms with E-state index in [0.29, 0.717) is 42.6 Å². The number of fused-ring (bicyclic) bond motifs is 1. The van der Waals surface area contributed by atoms with Crippen molar-refractivity contribution in [3.05, 3.63) is 115 Å². The van der Waals surface area contributed by atoms with Crippen molar-refractivity contribution in [1.82, 2.24) is 0 Å². The summed E-state index contributed by atoms with van der Waals surface area (Å²) in [6, 6.07) is 31.1. The summed E-state index contributed by atoms with van der Waals surface area (Å²) in [6.07, 6.45) is 28.9. The number of rotatable bonds is 30. The molecule has 2 aliphatic carbocycles. The molecule has 6 rings (SSSR count). The molecule has 81 heavy (non-hydrogen) atoms. The molecule has 3 aliphatic rings. The van der Waals surface area contributed by atoms with Crippen LogP contribution >= 0.6 is 22.8 Å². The van der Waals surface area contributed by atoms with E-state index in [-0.39, 0.29) is 108 Å². The smallest absolute Gasteiger partial charge is 0.550 e. The zero-order valence-corrected chi connectivity index (χ0v) is 57.5. The fraction of sp³-hybridized carbons (Fsp3) is 0.647. The van der Waals surface area contributed by atoms with Crippen LogP contribution in [0.1, 0.15) is 165 Å². The number of methoxy groups -OCH3 is 4. The Bertz CT molecular complexity index is 2090. The summed E-state index contributed by atoms with van der Waals surface area (Å²) in [6.45, 7) is 14.2. The van der Waals surface area contributed by atoms with E-state index in [9.17, 15) is 15.0 Å². The summed E-state index contributed by atoms with van der Waals surface area (Å²) in [5.41, 5.74) is 0. The predicted molar refractivity (Wildman–Crippen MR) is 346 cm³/mol. The molecule has 2 saturated carbocycles. The van der Waals surface area contributed by atoms with Crippen molar-refractivity contribution in [2.24, 2.45) is 23.7 Å². The van der Waals surface area contributed by atoms with Gasteiger partial charge in [0.25, 0.3) is 0 Å². The minimum atomic E-state index is -2.03. The van der Waals surface area contributed by atoms with E-state index >= 15 is 0 Å². The van der Waals surface area contributed by atoms with Crippen molar-refractivity contribution >= 4 is 58.8 Å². The van der Waals surface area contributed by atoms with Gasteiger partial charge in [-0.2, -0.15) is 0 Å². The van der Waals surface area contributed by atoms with Crippen LogP contribution in [-0.4, -0.2) is 102 Å². The molecule has 454 valence electrons. The third-order valence-corrected chi connectivity index (χ3v) is 26.2. The van der Waals surface area contributed by atoms with E-state index in [2.05, 4.69) is 130 Å². The number of carboxylic acids is 1. The van der Waals surface area contributed by atoms with Crippen LogP contribution in [0.4, 0.5) is 0 Å². The van der Waals surface area contributed by atoms with Gasteiger partial charge in [0.15, 0.2) is 14.6 Å². The summed E-state index contributed by atoms with van der Waals surface area (Å²) in [7, 11) is 5.43. The average molecular weight is 1250 g/mol. The van der Waals surface area contributed by atoms with Gasteiger partial charge in [-0.15, -0.1) is 0 Å². The second kappa shape index (κ2) is 42.0. The first kappa shape index (κ1) is 78.0. The first-order valence-electron chi connectivity index (χ1n) is 29.7. The van der Waals surface area contributed by atoms with Gasteiger partial charge < -0.3 is 43.1 Å². The molecule has 11 atom stereocenters. The monoisotopic (exact) mass is 1250 g/mol. The van der Waals surface area contributed by atoms with E-state index in [4.69, 9.17) is 28.1 Å². The molecule has 9 nitrogen and oxygen atoms in total. The Kier molecular flexibility index (Phi) is 40.4. The third kappa shape index (κ3) is 24.9. The van der Waals surface area contributed by atoms with Gasteiger partial charge in [0.2, 0.25) is 0 Å². The van der Waals surface area contributed by atoms with E-state index in [1.54, 1.807) is 14.2 Å². The molecular formula is C68H111BrKO9PSi. The zero-order valence-electron chi connectivity index (χ0n) is 50.9. The normalized spacial score (nSPS) is 23.2. The molecule has 0 bridgehead atoms. The summed E-state index contributed by atoms with van der Waals surface area (Å²) >= 11 is 3.57. The number of aliphatic carboxylic acids is 1. The van der Waals surface area contributed by atoms with Crippen molar-refractivity contribution in [3.63, 3.8) is 0 Å². The van der Waals surface area contributed by atoms with E-state index in [1.165, 1.54) is 86.5 Å². The number of benzene rings is 3. The number of aliphatic hydroxyl groups is 1. The largest absolute Gasteiger partial charge is 1.00 e. The topological polar surface area (TPSA) is 116 Å². The molecule has 1 saturated heterocycles. The molecule has 3 aromatic carbocycles. The minimum absolute atomic E-state index is 0. The van der Waals surface area contributed by atoms with E-state index < -0.39 is 27.5 Å². The molecule has 4 unspecified atom stereocenters. The van der Waals surface area contributed by atoms with Gasteiger partial charge in [0.1, 0.15) is 0 Å². The first-order valence-corrected chi connectivity index (χ1v) is 35.6. The number of hydrogen-bond donors (Lipinski definition) is 1. The number of ether oxygens (including phenoxy) is 5. The quantitative estimate of drug-likeness (QED) is 0.0229. The van der Waals surface area contributed by atoms with Crippen molar-refractivity contribution < 1.29 is 94.5 Å². The van der Waals surface area contributed by atoms with Gasteiger partial charge in [0, 0.05) is 64.4 Å². The van der Waals surface area contributed by atoms with Gasteiger partial charge >= 0.3 is 51.4 Å². The molecule has 0 radical (unpaired) electrons. The Morgan fingerprint density at radius 2 is 1.17 bits per heavy atom. The van der Waals surface area contributed by atoms with Crippen LogP contribution in [0.15, 0.2) is 115 Å². The van der Waals surface area contributed by atoms with Crippen LogP contribution in [0.25, 0.3) is 0 Å². The van der Waals surface area contributed by atoms with E-state index in [0.717, 1.165) is 31.0 Å². The standard InChI is InChI=1S/C27H53BrO3Si.C22H21O2P.C17H30O4.2CH4.K/c1-9-10-13-16-22(29-5)18-19-24-23(17-14-11-12-15-20-28)26(21-25(24)30-6)31-32(7,8)27(2,3)4;23-22(24)17-10-18-25(19-11-4-1-5-12-19,20-13-6-2-7-14-20)21-15-8-3-9-16-21;1-4-5-6-7-12(19-2)8-9-13-14-10-17(18)21-16(14)11-15(13)20-3;;;/h18-19,22-26H,9-17,20-21H2,1-8H3;1-9,11-16,18H,10,17H2,(H,23,24);8-9,12-18H,4-7,10-11H2,1-3H3;2*1H4;/q;;;;;+1/p-1/b19-18+;;9-8+;;;/t22-,23+,24+,25+,26-;;12?,13-,14?,15-,16?,17?;;;/m0.1.../s1. The van der Waals surface area contributed by atoms with Crippen molar-refractivity contribution in [2.75, 3.05) is 33.8 Å². The fourth-order valence-electron chi connectivity index (χ4n) is 11.5. The molecule has 1 heterocycles. The molecule has 13 heteroatoms. The molecule has 0 spiro atoms. The maximum Gasteiger partial charge on any atom is 1.00 e. The van der Waals surface area contributed by atoms with Crippen LogP contribution in [0, 0.1) is 23.7 Å². The summed E-state index contributed by atoms with van der Waals surface area (Å²) in [4.78, 5) is 11.0. The second-order valence-corrected chi connectivity index (χ2v) is 32.2. The predicted octanol–water partition coefficient (Wildman–Crippen LogP) is 12.0. The van der Waals surface area contributed by atoms with Gasteiger partial charge in [-0.05, 0) is 97.7 Å². The number of carboxylic acid groups (broad SMARTS) is 1. The number of carbonyl (C=O) groups is 1. The molecular weight excluding hydrogens is 1140 g/mol. The van der Waals surface area contributed by atoms with Crippen LogP contribution in [0.2, 0.25) is 18.1 Å². The zero-order chi connectivity index (χ0) is 57.0. The van der Waals surface area contributed by atoms with Crippen LogP contribution < -0.4 is 72.4 Å². The summed E-state index contributed by atoms with van der Waals surface area (Å²) < 4.78 is 35.6. The van der Waals surface area contributed by atoms with Crippen LogP contribution in [0.5, 0.6) is 0 Å². The summed E-state index contributed by atoms with van der Waals surface area (Å²) in [5, 5.41) is 25.7. The first-order chi connectivity index (χ1) is 37.5. The molecule has 0 aromatic heterocycles. The van der Waals surface area contributed by atoms with Crippen LogP contribution in [0.3, 0.4) is 0 Å². The Balaban J connectivity index is 0.000000608. The summed E-state index contributed by atoms with van der Waals surface area (Å²) in [5.74, 6) is 2.83. The number of unbranched alkanes of at least 4 members (excludes halogenated alkanes) is 7. The molecule has 1 N–H and O–H groups in total. The van der Waals surface area contributed by atoms with Gasteiger partial charge in [-0.3, -0.25) is 0 Å². The van der Waals surface area contributed by atoms with Crippen molar-refractivity contribution in [2.45, 2.75) is 226 Å². The van der Waals surface area contributed by atoms with Gasteiger partial charge in [0.05, 0.1) is 36.6 Å².